The van der Waals surface area contributed by atoms with Crippen molar-refractivity contribution in [2.45, 2.75) is 82.2 Å². The van der Waals surface area contributed by atoms with E-state index in [1.165, 1.54) is 18.0 Å². The van der Waals surface area contributed by atoms with Crippen molar-refractivity contribution in [2.75, 3.05) is 5.73 Å². The van der Waals surface area contributed by atoms with Gasteiger partial charge in [0.2, 0.25) is 17.7 Å². The van der Waals surface area contributed by atoms with E-state index < -0.39 is 23.7 Å². The second-order valence-corrected chi connectivity index (χ2v) is 11.1. The van der Waals surface area contributed by atoms with Crippen LogP contribution in [0.25, 0.3) is 0 Å². The van der Waals surface area contributed by atoms with Gasteiger partial charge in [-0.2, -0.15) is 0 Å². The van der Waals surface area contributed by atoms with Gasteiger partial charge in [-0.1, -0.05) is 52.3 Å². The van der Waals surface area contributed by atoms with Crippen molar-refractivity contribution in [1.82, 2.24) is 25.8 Å². The number of thioether (sulfide) groups is 1. The van der Waals surface area contributed by atoms with Gasteiger partial charge in [0, 0.05) is 17.5 Å². The SMILES string of the molecule is CC(C)CC(C(=O)NC(=O)[C@@H]1CCCC[C@@H]1NC(=O)c1ccc(N)nc1)c1nnc(SC(C)C)o1. The smallest absolute Gasteiger partial charge is 0.276 e. The molecule has 35 heavy (non-hydrogen) atoms. The van der Waals surface area contributed by atoms with Crippen molar-refractivity contribution in [2.24, 2.45) is 11.8 Å². The first-order chi connectivity index (χ1) is 16.6. The molecule has 3 atom stereocenters. The predicted molar refractivity (Wildman–Crippen MR) is 132 cm³/mol. The lowest BCUT2D eigenvalue weighted by atomic mass is 9.83. The first kappa shape index (κ1) is 26.7. The Morgan fingerprint density at radius 1 is 1.14 bits per heavy atom. The number of nitrogens with one attached hydrogen (secondary N) is 2. The summed E-state index contributed by atoms with van der Waals surface area (Å²) >= 11 is 1.42. The molecule has 0 bridgehead atoms. The number of nitrogens with two attached hydrogens (primary N) is 1. The van der Waals surface area contributed by atoms with Crippen LogP contribution in [0, 0.1) is 11.8 Å². The summed E-state index contributed by atoms with van der Waals surface area (Å²) in [6.45, 7) is 7.99. The van der Waals surface area contributed by atoms with Gasteiger partial charge in [-0.25, -0.2) is 4.98 Å². The average molecular weight is 503 g/mol. The fourth-order valence-corrected chi connectivity index (χ4v) is 4.74. The maximum absolute atomic E-state index is 13.2. The molecule has 2 aromatic rings. The normalized spacial score (nSPS) is 18.9. The molecule has 4 N–H and O–H groups in total. The maximum atomic E-state index is 13.2. The van der Waals surface area contributed by atoms with E-state index in [-0.39, 0.29) is 29.0 Å². The van der Waals surface area contributed by atoms with Crippen LogP contribution in [0.2, 0.25) is 0 Å². The highest BCUT2D eigenvalue weighted by molar-refractivity contribution is 7.99. The molecule has 1 saturated carbocycles. The molecule has 2 heterocycles. The van der Waals surface area contributed by atoms with E-state index in [9.17, 15) is 14.4 Å². The molecular formula is C24H34N6O4S. The number of nitrogens with zero attached hydrogens (tertiary/aromatic N) is 3. The van der Waals surface area contributed by atoms with Gasteiger partial charge in [0.05, 0.1) is 11.5 Å². The van der Waals surface area contributed by atoms with Crippen LogP contribution < -0.4 is 16.4 Å². The molecular weight excluding hydrogens is 468 g/mol. The van der Waals surface area contributed by atoms with Gasteiger partial charge in [0.15, 0.2) is 0 Å². The number of hydrogen-bond acceptors (Lipinski definition) is 9. The van der Waals surface area contributed by atoms with E-state index in [0.29, 0.717) is 35.9 Å². The molecule has 11 heteroatoms. The lowest BCUT2D eigenvalue weighted by Gasteiger charge is -2.31. The minimum absolute atomic E-state index is 0.171. The Kier molecular flexibility index (Phi) is 9.25. The van der Waals surface area contributed by atoms with Crippen molar-refractivity contribution in [3.8, 4) is 0 Å². The van der Waals surface area contributed by atoms with Gasteiger partial charge in [-0.3, -0.25) is 19.7 Å². The van der Waals surface area contributed by atoms with Gasteiger partial charge in [-0.05, 0) is 37.3 Å². The van der Waals surface area contributed by atoms with Gasteiger partial charge in [0.25, 0.3) is 11.1 Å². The Balaban J connectivity index is 1.69. The molecule has 0 aliphatic heterocycles. The zero-order valence-corrected chi connectivity index (χ0v) is 21.4. The highest BCUT2D eigenvalue weighted by atomic mass is 32.2. The molecule has 10 nitrogen and oxygen atoms in total. The second-order valence-electron chi connectivity index (χ2n) is 9.55. The van der Waals surface area contributed by atoms with Crippen LogP contribution in [0.5, 0.6) is 0 Å². The van der Waals surface area contributed by atoms with Gasteiger partial charge in [0.1, 0.15) is 11.7 Å². The van der Waals surface area contributed by atoms with Crippen LogP contribution in [0.3, 0.4) is 0 Å². The van der Waals surface area contributed by atoms with Crippen molar-refractivity contribution < 1.29 is 18.8 Å². The zero-order valence-electron chi connectivity index (χ0n) is 20.6. The second kappa shape index (κ2) is 12.1. The molecule has 0 radical (unpaired) electrons. The van der Waals surface area contributed by atoms with Crippen LogP contribution in [0.4, 0.5) is 5.82 Å². The molecule has 3 rings (SSSR count). The number of amides is 3. The highest BCUT2D eigenvalue weighted by Crippen LogP contribution is 2.29. The third-order valence-electron chi connectivity index (χ3n) is 5.79. The Bertz CT molecular complexity index is 1020. The lowest BCUT2D eigenvalue weighted by molar-refractivity contribution is -0.135. The van der Waals surface area contributed by atoms with Crippen LogP contribution in [0.1, 0.15) is 82.0 Å². The fourth-order valence-electron chi connectivity index (χ4n) is 4.11. The summed E-state index contributed by atoms with van der Waals surface area (Å²) in [4.78, 5) is 43.0. The predicted octanol–water partition coefficient (Wildman–Crippen LogP) is 3.31. The Hall–Kier alpha value is -2.95. The Morgan fingerprint density at radius 2 is 1.89 bits per heavy atom. The topological polar surface area (TPSA) is 153 Å². The van der Waals surface area contributed by atoms with Crippen molar-refractivity contribution in [3.63, 3.8) is 0 Å². The third-order valence-corrected chi connectivity index (χ3v) is 6.63. The average Bonchev–Trinajstić information content (AvgIpc) is 3.25. The van der Waals surface area contributed by atoms with E-state index >= 15 is 0 Å². The molecule has 0 saturated heterocycles. The fraction of sp³-hybridized carbons (Fsp3) is 0.583. The van der Waals surface area contributed by atoms with Crippen LogP contribution in [-0.2, 0) is 9.59 Å². The Labute approximate surface area is 209 Å². The van der Waals surface area contributed by atoms with Gasteiger partial charge >= 0.3 is 0 Å². The molecule has 190 valence electrons. The minimum Gasteiger partial charge on any atom is -0.415 e. The molecule has 0 spiro atoms. The first-order valence-corrected chi connectivity index (χ1v) is 12.9. The summed E-state index contributed by atoms with van der Waals surface area (Å²) in [5.41, 5.74) is 5.96. The zero-order chi connectivity index (χ0) is 25.5. The molecule has 1 fully saturated rings. The first-order valence-electron chi connectivity index (χ1n) is 12.0. The van der Waals surface area contributed by atoms with E-state index in [1.807, 2.05) is 27.7 Å². The summed E-state index contributed by atoms with van der Waals surface area (Å²) in [6, 6.07) is 2.75. The number of nitrogen functional groups attached to an aromatic ring is 1. The summed E-state index contributed by atoms with van der Waals surface area (Å²) in [7, 11) is 0. The van der Waals surface area contributed by atoms with E-state index in [0.717, 1.165) is 12.8 Å². The van der Waals surface area contributed by atoms with Crippen molar-refractivity contribution >= 4 is 35.3 Å². The summed E-state index contributed by atoms with van der Waals surface area (Å²) < 4.78 is 5.73. The Morgan fingerprint density at radius 3 is 2.54 bits per heavy atom. The standard InChI is InChI=1S/C24H34N6O4S/c1-13(2)11-17(23-29-30-24(34-23)35-14(3)4)22(33)28-21(32)16-7-5-6-8-18(16)27-20(31)15-9-10-19(25)26-12-15/h9-10,12-14,16-18H,5-8,11H2,1-4H3,(H2,25,26)(H,27,31)(H,28,32,33)/t16-,17?,18+/m1/s1. The molecule has 3 amide bonds. The van der Waals surface area contributed by atoms with Crippen molar-refractivity contribution in [3.05, 3.63) is 29.8 Å². The van der Waals surface area contributed by atoms with Crippen molar-refractivity contribution in [1.29, 1.82) is 0 Å². The van der Waals surface area contributed by atoms with Gasteiger partial charge < -0.3 is 15.5 Å². The van der Waals surface area contributed by atoms with Crippen LogP contribution in [-0.4, -0.2) is 44.2 Å². The minimum atomic E-state index is -0.731. The molecule has 2 aromatic heterocycles. The summed E-state index contributed by atoms with van der Waals surface area (Å²) in [6.07, 6.45) is 4.82. The third kappa shape index (κ3) is 7.51. The number of anilines is 1. The quantitative estimate of drug-likeness (QED) is 0.438. The van der Waals surface area contributed by atoms with Crippen LogP contribution in [0.15, 0.2) is 28.0 Å². The van der Waals surface area contributed by atoms with E-state index in [2.05, 4.69) is 25.8 Å². The van der Waals surface area contributed by atoms with E-state index in [1.54, 1.807) is 12.1 Å². The number of carbonyl (C=O) groups excluding carboxylic acids is 3. The molecule has 1 unspecified atom stereocenters. The number of hydrogen-bond donors (Lipinski definition) is 3. The lowest BCUT2D eigenvalue weighted by Crippen LogP contribution is -2.50. The van der Waals surface area contributed by atoms with Gasteiger partial charge in [-0.15, -0.1) is 10.2 Å². The highest BCUT2D eigenvalue weighted by Gasteiger charge is 2.35. The monoisotopic (exact) mass is 502 g/mol. The summed E-state index contributed by atoms with van der Waals surface area (Å²) in [5.74, 6) is -1.75. The number of carbonyl (C=O) groups is 3. The number of imide groups is 1. The van der Waals surface area contributed by atoms with Crippen LogP contribution >= 0.6 is 11.8 Å². The van der Waals surface area contributed by atoms with E-state index in [4.69, 9.17) is 10.2 Å². The number of aromatic nitrogens is 3. The number of rotatable bonds is 9. The largest absolute Gasteiger partial charge is 0.415 e. The molecule has 0 aromatic carbocycles. The number of pyridine rings is 1. The summed E-state index contributed by atoms with van der Waals surface area (Å²) in [5, 5.41) is 14.3. The molecule has 1 aliphatic carbocycles. The maximum Gasteiger partial charge on any atom is 0.276 e. The molecule has 1 aliphatic rings.